The molecule has 1 aliphatic rings. The molecule has 2 aromatic rings. The maximum absolute atomic E-state index is 12.7. The van der Waals surface area contributed by atoms with Crippen LogP contribution in [0.5, 0.6) is 0 Å². The summed E-state index contributed by atoms with van der Waals surface area (Å²) in [4.78, 5) is 16.4. The lowest BCUT2D eigenvalue weighted by molar-refractivity contribution is -0.122. The van der Waals surface area contributed by atoms with Gasteiger partial charge in [-0.2, -0.15) is 8.42 Å². The van der Waals surface area contributed by atoms with Gasteiger partial charge in [-0.15, -0.1) is 4.40 Å². The molecule has 1 amide bonds. The van der Waals surface area contributed by atoms with E-state index in [-0.39, 0.29) is 29.2 Å². The number of benzene rings is 2. The zero-order valence-electron chi connectivity index (χ0n) is 16.2. The molecule has 2 aromatic carbocycles. The monoisotopic (exact) mass is 400 g/mol. The van der Waals surface area contributed by atoms with Crippen molar-refractivity contribution >= 4 is 21.8 Å². The third-order valence-corrected chi connectivity index (χ3v) is 5.76. The van der Waals surface area contributed by atoms with E-state index in [1.807, 2.05) is 49.3 Å². The molecule has 3 rings (SSSR count). The number of rotatable bonds is 6. The highest BCUT2D eigenvalue weighted by atomic mass is 32.2. The molecule has 0 saturated heterocycles. The van der Waals surface area contributed by atoms with Gasteiger partial charge in [-0.3, -0.25) is 4.79 Å². The van der Waals surface area contributed by atoms with Gasteiger partial charge in [-0.05, 0) is 31.8 Å². The molecule has 148 valence electrons. The van der Waals surface area contributed by atoms with E-state index >= 15 is 0 Å². The third kappa shape index (κ3) is 4.40. The van der Waals surface area contributed by atoms with Crippen LogP contribution in [0.3, 0.4) is 0 Å². The number of amides is 1. The van der Waals surface area contributed by atoms with Crippen molar-refractivity contribution in [1.82, 2.24) is 15.1 Å². The van der Waals surface area contributed by atoms with Crippen LogP contribution in [0.15, 0.2) is 63.9 Å². The summed E-state index contributed by atoms with van der Waals surface area (Å²) in [6.07, 6.45) is 0. The normalized spacial score (nSPS) is 15.6. The van der Waals surface area contributed by atoms with Gasteiger partial charge in [0, 0.05) is 19.2 Å². The van der Waals surface area contributed by atoms with E-state index in [0.29, 0.717) is 12.1 Å². The van der Waals surface area contributed by atoms with Crippen molar-refractivity contribution in [2.24, 2.45) is 4.40 Å². The van der Waals surface area contributed by atoms with E-state index in [9.17, 15) is 13.2 Å². The number of hydrogen-bond acceptors (Lipinski definition) is 5. The number of amidine groups is 1. The molecule has 0 radical (unpaired) electrons. The summed E-state index contributed by atoms with van der Waals surface area (Å²) in [6.45, 7) is 0.650. The van der Waals surface area contributed by atoms with Crippen LogP contribution in [0.25, 0.3) is 0 Å². The first kappa shape index (κ1) is 20.0. The lowest BCUT2D eigenvalue weighted by Crippen LogP contribution is -2.42. The Bertz CT molecular complexity index is 988. The summed E-state index contributed by atoms with van der Waals surface area (Å²) < 4.78 is 28.3. The number of sulfonamides is 1. The first-order valence-corrected chi connectivity index (χ1v) is 10.4. The average Bonchev–Trinajstić information content (AvgIpc) is 2.93. The summed E-state index contributed by atoms with van der Waals surface area (Å²) >= 11 is 0. The quantitative estimate of drug-likeness (QED) is 0.794. The van der Waals surface area contributed by atoms with Crippen molar-refractivity contribution in [2.45, 2.75) is 10.9 Å². The lowest BCUT2D eigenvalue weighted by atomic mass is 10.1. The minimum Gasteiger partial charge on any atom is -0.349 e. The molecule has 0 bridgehead atoms. The Labute approximate surface area is 165 Å². The smallest absolute Gasteiger partial charge is 0.285 e. The van der Waals surface area contributed by atoms with Gasteiger partial charge in [-0.25, -0.2) is 0 Å². The molecule has 7 nitrogen and oxygen atoms in total. The Balaban J connectivity index is 1.74. The highest BCUT2D eigenvalue weighted by molar-refractivity contribution is 7.90. The third-order valence-electron chi connectivity index (χ3n) is 4.44. The predicted octanol–water partition coefficient (Wildman–Crippen LogP) is 1.49. The van der Waals surface area contributed by atoms with Crippen LogP contribution in [0, 0.1) is 0 Å². The Morgan fingerprint density at radius 1 is 1.04 bits per heavy atom. The average molecular weight is 401 g/mol. The van der Waals surface area contributed by atoms with Crippen LogP contribution in [-0.2, 0) is 14.8 Å². The van der Waals surface area contributed by atoms with Crippen LogP contribution < -0.4 is 5.32 Å². The van der Waals surface area contributed by atoms with E-state index < -0.39 is 10.0 Å². The Morgan fingerprint density at radius 2 is 1.68 bits per heavy atom. The van der Waals surface area contributed by atoms with E-state index in [0.717, 1.165) is 5.56 Å². The molecule has 0 saturated carbocycles. The van der Waals surface area contributed by atoms with Gasteiger partial charge in [0.25, 0.3) is 10.0 Å². The Kier molecular flexibility index (Phi) is 5.81. The van der Waals surface area contributed by atoms with Gasteiger partial charge >= 0.3 is 0 Å². The van der Waals surface area contributed by atoms with Gasteiger partial charge in [-0.1, -0.05) is 42.5 Å². The first-order valence-electron chi connectivity index (χ1n) is 8.92. The van der Waals surface area contributed by atoms with Crippen LogP contribution in [0.2, 0.25) is 0 Å². The van der Waals surface area contributed by atoms with Crippen LogP contribution >= 0.6 is 0 Å². The summed E-state index contributed by atoms with van der Waals surface area (Å²) in [6, 6.07) is 16.2. The zero-order chi connectivity index (χ0) is 20.3. The van der Waals surface area contributed by atoms with E-state index in [2.05, 4.69) is 9.71 Å². The zero-order valence-corrected chi connectivity index (χ0v) is 17.0. The molecule has 0 fully saturated rings. The standard InChI is InChI=1S/C20H24N4O3S/c1-23(2)13-17(15-9-5-4-6-10-15)21-19(25)14-24(3)20-16-11-7-8-12-18(16)28(26,27)22-20/h4-12,17H,13-14H2,1-3H3,(H,21,25)/t17-/m1/s1. The van der Waals surface area contributed by atoms with Crippen molar-refractivity contribution in [3.63, 3.8) is 0 Å². The van der Waals surface area contributed by atoms with Gasteiger partial charge in [0.15, 0.2) is 5.84 Å². The van der Waals surface area contributed by atoms with E-state index in [1.165, 1.54) is 6.07 Å². The number of carbonyl (C=O) groups is 1. The van der Waals surface area contributed by atoms with Crippen molar-refractivity contribution in [3.05, 3.63) is 65.7 Å². The number of carbonyl (C=O) groups excluding carboxylic acids is 1. The highest BCUT2D eigenvalue weighted by Crippen LogP contribution is 2.26. The maximum atomic E-state index is 12.7. The molecular formula is C20H24N4O3S. The molecule has 1 heterocycles. The fourth-order valence-electron chi connectivity index (χ4n) is 3.18. The topological polar surface area (TPSA) is 82.1 Å². The molecular weight excluding hydrogens is 376 g/mol. The minimum absolute atomic E-state index is 0.000546. The molecule has 0 spiro atoms. The fraction of sp³-hybridized carbons (Fsp3) is 0.300. The van der Waals surface area contributed by atoms with Gasteiger partial charge in [0.1, 0.15) is 4.90 Å². The second-order valence-corrected chi connectivity index (χ2v) is 8.61. The molecule has 1 N–H and O–H groups in total. The molecule has 1 aliphatic heterocycles. The Hall–Kier alpha value is -2.71. The molecule has 8 heteroatoms. The number of fused-ring (bicyclic) bond motifs is 1. The fourth-order valence-corrected chi connectivity index (χ4v) is 4.43. The van der Waals surface area contributed by atoms with Crippen LogP contribution in [0.4, 0.5) is 0 Å². The number of likely N-dealkylation sites (N-methyl/N-ethyl adjacent to an activating group) is 2. The van der Waals surface area contributed by atoms with Crippen molar-refractivity contribution in [3.8, 4) is 0 Å². The minimum atomic E-state index is -3.71. The van der Waals surface area contributed by atoms with Crippen molar-refractivity contribution < 1.29 is 13.2 Å². The number of nitrogens with one attached hydrogen (secondary N) is 1. The SMILES string of the molecule is CN(C)C[C@@H](NC(=O)CN(C)C1=NS(=O)(=O)c2ccccc21)c1ccccc1. The largest absolute Gasteiger partial charge is 0.349 e. The maximum Gasteiger partial charge on any atom is 0.285 e. The van der Waals surface area contributed by atoms with Gasteiger partial charge in [0.2, 0.25) is 5.91 Å². The summed E-state index contributed by atoms with van der Waals surface area (Å²) in [5, 5.41) is 3.04. The summed E-state index contributed by atoms with van der Waals surface area (Å²) in [7, 11) is 1.85. The summed E-state index contributed by atoms with van der Waals surface area (Å²) in [5.41, 5.74) is 1.53. The number of nitrogens with zero attached hydrogens (tertiary/aromatic N) is 3. The van der Waals surface area contributed by atoms with Gasteiger partial charge in [0.05, 0.1) is 12.6 Å². The van der Waals surface area contributed by atoms with Crippen LogP contribution in [-0.4, -0.2) is 64.2 Å². The second-order valence-electron chi connectivity index (χ2n) is 7.04. The molecule has 1 atom stereocenters. The van der Waals surface area contributed by atoms with Gasteiger partial charge < -0.3 is 15.1 Å². The summed E-state index contributed by atoms with van der Waals surface area (Å²) in [5.74, 6) is 0.0808. The van der Waals surface area contributed by atoms with E-state index in [4.69, 9.17) is 0 Å². The van der Waals surface area contributed by atoms with Crippen molar-refractivity contribution in [2.75, 3.05) is 34.2 Å². The first-order chi connectivity index (χ1) is 13.3. The number of hydrogen-bond donors (Lipinski definition) is 1. The molecule has 0 aliphatic carbocycles. The second kappa shape index (κ2) is 8.12. The Morgan fingerprint density at radius 3 is 2.36 bits per heavy atom. The highest BCUT2D eigenvalue weighted by Gasteiger charge is 2.31. The molecule has 0 aromatic heterocycles. The van der Waals surface area contributed by atoms with Crippen molar-refractivity contribution in [1.29, 1.82) is 0 Å². The lowest BCUT2D eigenvalue weighted by Gasteiger charge is -2.25. The van der Waals surface area contributed by atoms with Crippen LogP contribution in [0.1, 0.15) is 17.2 Å². The molecule has 0 unspecified atom stereocenters. The van der Waals surface area contributed by atoms with E-state index in [1.54, 1.807) is 30.1 Å². The predicted molar refractivity (Wildman–Crippen MR) is 109 cm³/mol. The molecule has 28 heavy (non-hydrogen) atoms.